The minimum atomic E-state index is -0.393. The second kappa shape index (κ2) is 15.9. The second-order valence-corrected chi connectivity index (χ2v) is 9.50. The number of methoxy groups -OCH3 is 1. The van der Waals surface area contributed by atoms with Gasteiger partial charge in [0.15, 0.2) is 6.61 Å². The van der Waals surface area contributed by atoms with E-state index in [1.54, 1.807) is 14.0 Å². The summed E-state index contributed by atoms with van der Waals surface area (Å²) in [6, 6.07) is 9.34. The molecule has 1 heterocycles. The van der Waals surface area contributed by atoms with Gasteiger partial charge in [-0.15, -0.1) is 0 Å². The molecule has 2 aromatic carbocycles. The van der Waals surface area contributed by atoms with Crippen LogP contribution in [0.3, 0.4) is 0 Å². The topological polar surface area (TPSA) is 83.5 Å². The van der Waals surface area contributed by atoms with Crippen LogP contribution < -0.4 is 18.9 Å². The third kappa shape index (κ3) is 8.28. The maximum atomic E-state index is 13.1. The zero-order chi connectivity index (χ0) is 28.0. The zero-order valence-corrected chi connectivity index (χ0v) is 23.9. The number of rotatable bonds is 16. The second-order valence-electron chi connectivity index (χ2n) is 9.50. The van der Waals surface area contributed by atoms with E-state index in [0.717, 1.165) is 74.2 Å². The Kier molecular flexibility index (Phi) is 12.3. The molecule has 0 bridgehead atoms. The average molecular weight is 542 g/mol. The molecule has 0 aliphatic carbocycles. The minimum absolute atomic E-state index is 0.0259. The molecule has 39 heavy (non-hydrogen) atoms. The monoisotopic (exact) mass is 541 g/mol. The van der Waals surface area contributed by atoms with Crippen LogP contribution in [-0.4, -0.2) is 63.4 Å². The van der Waals surface area contributed by atoms with Crippen molar-refractivity contribution in [1.29, 1.82) is 0 Å². The van der Waals surface area contributed by atoms with Crippen LogP contribution >= 0.6 is 0 Å². The van der Waals surface area contributed by atoms with Crippen LogP contribution in [0.25, 0.3) is 0 Å². The first kappa shape index (κ1) is 30.1. The lowest BCUT2D eigenvalue weighted by Gasteiger charge is -2.21. The summed E-state index contributed by atoms with van der Waals surface area (Å²) in [7, 11) is 1.62. The van der Waals surface area contributed by atoms with E-state index < -0.39 is 5.97 Å². The molecule has 1 aliphatic heterocycles. The molecule has 0 spiro atoms. The molecule has 0 N–H and O–H groups in total. The fraction of sp³-hybridized carbons (Fsp3) is 0.548. The Hall–Kier alpha value is -3.42. The molecule has 1 aliphatic rings. The fourth-order valence-electron chi connectivity index (χ4n) is 4.80. The maximum absolute atomic E-state index is 13.1. The van der Waals surface area contributed by atoms with E-state index in [9.17, 15) is 9.59 Å². The predicted molar refractivity (Wildman–Crippen MR) is 150 cm³/mol. The van der Waals surface area contributed by atoms with Crippen molar-refractivity contribution in [1.82, 2.24) is 4.90 Å². The van der Waals surface area contributed by atoms with E-state index in [2.05, 4.69) is 13.8 Å². The zero-order valence-electron chi connectivity index (χ0n) is 23.9. The summed E-state index contributed by atoms with van der Waals surface area (Å²) < 4.78 is 28.7. The molecule has 0 radical (unpaired) electrons. The summed E-state index contributed by atoms with van der Waals surface area (Å²) in [4.78, 5) is 26.7. The Labute approximate surface area is 232 Å². The van der Waals surface area contributed by atoms with Crippen molar-refractivity contribution in [2.45, 2.75) is 65.7 Å². The van der Waals surface area contributed by atoms with Gasteiger partial charge in [-0.1, -0.05) is 32.8 Å². The fourth-order valence-corrected chi connectivity index (χ4v) is 4.80. The first-order valence-corrected chi connectivity index (χ1v) is 14.2. The third-order valence-corrected chi connectivity index (χ3v) is 6.59. The Balaban J connectivity index is 1.61. The number of carbonyl (C=O) groups excluding carboxylic acids is 2. The van der Waals surface area contributed by atoms with Gasteiger partial charge < -0.3 is 28.6 Å². The van der Waals surface area contributed by atoms with Crippen molar-refractivity contribution in [2.75, 3.05) is 46.6 Å². The Morgan fingerprint density at radius 3 is 2.05 bits per heavy atom. The molecule has 8 nitrogen and oxygen atoms in total. The molecule has 0 unspecified atom stereocenters. The molecular weight excluding hydrogens is 498 g/mol. The van der Waals surface area contributed by atoms with Crippen LogP contribution in [0, 0.1) is 0 Å². The summed E-state index contributed by atoms with van der Waals surface area (Å²) in [6.45, 7) is 8.66. The van der Waals surface area contributed by atoms with Gasteiger partial charge in [0.05, 0.1) is 32.5 Å². The molecular formula is C31H43NO7. The summed E-state index contributed by atoms with van der Waals surface area (Å²) in [6.07, 6.45) is 6.11. The minimum Gasteiger partial charge on any atom is -0.495 e. The standard InChI is InChI=1S/C31H43NO7/c1-5-12-23-26(14-10-15-27(23)39-22-29(33)36-7-3)37-20-11-21-38-28-17-16-25(30(35-4)24(28)13-6-2)31(34)32-18-8-9-19-32/h10,14-17H,5-9,11-13,18-22H2,1-4H3. The van der Waals surface area contributed by atoms with E-state index in [1.165, 1.54) is 0 Å². The van der Waals surface area contributed by atoms with Crippen molar-refractivity contribution in [3.8, 4) is 23.0 Å². The number of hydrogen-bond acceptors (Lipinski definition) is 7. The smallest absolute Gasteiger partial charge is 0.344 e. The Morgan fingerprint density at radius 2 is 1.44 bits per heavy atom. The number of ether oxygens (including phenoxy) is 5. The van der Waals surface area contributed by atoms with Gasteiger partial charge in [-0.05, 0) is 56.9 Å². The highest BCUT2D eigenvalue weighted by molar-refractivity contribution is 5.98. The van der Waals surface area contributed by atoms with Crippen LogP contribution in [0.4, 0.5) is 0 Å². The summed E-state index contributed by atoms with van der Waals surface area (Å²) in [5.74, 6) is 2.38. The highest BCUT2D eigenvalue weighted by Crippen LogP contribution is 2.35. The summed E-state index contributed by atoms with van der Waals surface area (Å²) >= 11 is 0. The van der Waals surface area contributed by atoms with Gasteiger partial charge in [0.25, 0.3) is 5.91 Å². The van der Waals surface area contributed by atoms with Gasteiger partial charge >= 0.3 is 5.97 Å². The number of hydrogen-bond donors (Lipinski definition) is 0. The van der Waals surface area contributed by atoms with Crippen molar-refractivity contribution < 1.29 is 33.3 Å². The number of benzene rings is 2. The SMILES string of the molecule is CCCc1c(OCCCOc2ccc(C(=O)N3CCCC3)c(OC)c2CCC)cccc1OCC(=O)OCC. The van der Waals surface area contributed by atoms with Crippen LogP contribution in [0.5, 0.6) is 23.0 Å². The highest BCUT2D eigenvalue weighted by atomic mass is 16.6. The predicted octanol–water partition coefficient (Wildman–Crippen LogP) is 5.63. The van der Waals surface area contributed by atoms with Gasteiger partial charge in [0, 0.05) is 30.6 Å². The molecule has 0 saturated carbocycles. The average Bonchev–Trinajstić information content (AvgIpc) is 3.48. The molecule has 8 heteroatoms. The molecule has 0 aromatic heterocycles. The molecule has 1 saturated heterocycles. The van der Waals surface area contributed by atoms with E-state index in [4.69, 9.17) is 23.7 Å². The van der Waals surface area contributed by atoms with Gasteiger partial charge in [0.2, 0.25) is 0 Å². The Bertz CT molecular complexity index is 1080. The van der Waals surface area contributed by atoms with Gasteiger partial charge in [0.1, 0.15) is 23.0 Å². The quantitative estimate of drug-likeness (QED) is 0.201. The molecule has 1 fully saturated rings. The van der Waals surface area contributed by atoms with Crippen molar-refractivity contribution in [3.05, 3.63) is 47.0 Å². The summed E-state index contributed by atoms with van der Waals surface area (Å²) in [5, 5.41) is 0. The van der Waals surface area contributed by atoms with E-state index in [-0.39, 0.29) is 12.5 Å². The third-order valence-electron chi connectivity index (χ3n) is 6.59. The molecule has 1 amide bonds. The molecule has 0 atom stereocenters. The number of nitrogens with zero attached hydrogens (tertiary/aromatic N) is 1. The van der Waals surface area contributed by atoms with E-state index in [0.29, 0.717) is 43.3 Å². The van der Waals surface area contributed by atoms with E-state index in [1.807, 2.05) is 35.2 Å². The number of amides is 1. The first-order chi connectivity index (χ1) is 19.0. The highest BCUT2D eigenvalue weighted by Gasteiger charge is 2.25. The van der Waals surface area contributed by atoms with Crippen LogP contribution in [0.1, 0.15) is 74.4 Å². The number of carbonyl (C=O) groups is 2. The normalized spacial score (nSPS) is 12.8. The number of likely N-dealkylation sites (tertiary alicyclic amines) is 1. The lowest BCUT2D eigenvalue weighted by Crippen LogP contribution is -2.28. The van der Waals surface area contributed by atoms with Gasteiger partial charge in [-0.3, -0.25) is 4.79 Å². The van der Waals surface area contributed by atoms with Crippen LogP contribution in [0.2, 0.25) is 0 Å². The molecule has 214 valence electrons. The van der Waals surface area contributed by atoms with E-state index >= 15 is 0 Å². The molecule has 3 rings (SSSR count). The van der Waals surface area contributed by atoms with Crippen molar-refractivity contribution in [3.63, 3.8) is 0 Å². The maximum Gasteiger partial charge on any atom is 0.344 e. The van der Waals surface area contributed by atoms with Crippen molar-refractivity contribution >= 4 is 11.9 Å². The lowest BCUT2D eigenvalue weighted by atomic mass is 10.0. The summed E-state index contributed by atoms with van der Waals surface area (Å²) in [5.41, 5.74) is 2.48. The van der Waals surface area contributed by atoms with Gasteiger partial charge in [-0.2, -0.15) is 0 Å². The van der Waals surface area contributed by atoms with Crippen molar-refractivity contribution in [2.24, 2.45) is 0 Å². The van der Waals surface area contributed by atoms with Crippen LogP contribution in [-0.2, 0) is 22.4 Å². The molecule has 2 aromatic rings. The van der Waals surface area contributed by atoms with Gasteiger partial charge in [-0.25, -0.2) is 4.79 Å². The van der Waals surface area contributed by atoms with Crippen LogP contribution in [0.15, 0.2) is 30.3 Å². The largest absolute Gasteiger partial charge is 0.495 e. The lowest BCUT2D eigenvalue weighted by molar-refractivity contribution is -0.145. The first-order valence-electron chi connectivity index (χ1n) is 14.2. The Morgan fingerprint density at radius 1 is 0.821 bits per heavy atom. The number of esters is 1.